The van der Waals surface area contributed by atoms with Crippen LogP contribution in [0.1, 0.15) is 17.7 Å². The zero-order chi connectivity index (χ0) is 13.2. The second-order valence-corrected chi connectivity index (χ2v) is 4.69. The number of pyridine rings is 1. The van der Waals surface area contributed by atoms with Gasteiger partial charge in [0.25, 0.3) is 0 Å². The molecule has 0 unspecified atom stereocenters. The van der Waals surface area contributed by atoms with Gasteiger partial charge >= 0.3 is 0 Å². The smallest absolute Gasteiger partial charge is 0.132 e. The largest absolute Gasteiger partial charge is 0.496 e. The Bertz CT molecular complexity index is 585. The summed E-state index contributed by atoms with van der Waals surface area (Å²) in [6.07, 6.45) is 3.42. The Morgan fingerprint density at radius 1 is 0.947 bits per heavy atom. The van der Waals surface area contributed by atoms with E-state index in [-0.39, 0.29) is 0 Å². The Balaban J connectivity index is 2.15. The van der Waals surface area contributed by atoms with E-state index in [0.29, 0.717) is 0 Å². The maximum absolute atomic E-state index is 5.44. The van der Waals surface area contributed by atoms with Crippen LogP contribution >= 0.6 is 0 Å². The minimum atomic E-state index is 0.796. The average Bonchev–Trinajstić information content (AvgIpc) is 2.93. The Morgan fingerprint density at radius 3 is 2.37 bits per heavy atom. The molecule has 3 heteroatoms. The average molecular weight is 255 g/mol. The van der Waals surface area contributed by atoms with E-state index >= 15 is 0 Å². The topological polar surface area (TPSA) is 31.4 Å². The number of methoxy groups -OCH3 is 2. The third-order valence-corrected chi connectivity index (χ3v) is 3.61. The first-order chi connectivity index (χ1) is 9.33. The van der Waals surface area contributed by atoms with E-state index in [4.69, 9.17) is 14.5 Å². The summed E-state index contributed by atoms with van der Waals surface area (Å²) in [5.41, 5.74) is 4.44. The van der Waals surface area contributed by atoms with Gasteiger partial charge in [-0.2, -0.15) is 0 Å². The zero-order valence-corrected chi connectivity index (χ0v) is 11.3. The van der Waals surface area contributed by atoms with Crippen molar-refractivity contribution in [3.63, 3.8) is 0 Å². The monoisotopic (exact) mass is 255 g/mol. The van der Waals surface area contributed by atoms with Crippen LogP contribution in [-0.2, 0) is 12.8 Å². The minimum absolute atomic E-state index is 0.796. The van der Waals surface area contributed by atoms with E-state index in [2.05, 4.69) is 12.1 Å². The van der Waals surface area contributed by atoms with Gasteiger partial charge < -0.3 is 9.47 Å². The fourth-order valence-electron chi connectivity index (χ4n) is 2.66. The quantitative estimate of drug-likeness (QED) is 0.843. The van der Waals surface area contributed by atoms with E-state index < -0.39 is 0 Å². The molecule has 0 saturated heterocycles. The SMILES string of the molecule is COc1cccc(OC)c1-c1ccc2c(n1)CCC2. The van der Waals surface area contributed by atoms with Gasteiger partial charge in [0.1, 0.15) is 11.5 Å². The summed E-state index contributed by atoms with van der Waals surface area (Å²) in [6, 6.07) is 10.0. The fraction of sp³-hybridized carbons (Fsp3) is 0.312. The molecule has 0 saturated carbocycles. The number of aryl methyl sites for hydroxylation is 2. The summed E-state index contributed by atoms with van der Waals surface area (Å²) in [5.74, 6) is 1.59. The van der Waals surface area contributed by atoms with Crippen LogP contribution in [0.5, 0.6) is 11.5 Å². The molecule has 1 aliphatic rings. The molecule has 1 heterocycles. The summed E-state index contributed by atoms with van der Waals surface area (Å²) in [6.45, 7) is 0. The predicted molar refractivity (Wildman–Crippen MR) is 74.8 cm³/mol. The van der Waals surface area contributed by atoms with Crippen molar-refractivity contribution >= 4 is 0 Å². The maximum atomic E-state index is 5.44. The minimum Gasteiger partial charge on any atom is -0.496 e. The lowest BCUT2D eigenvalue weighted by Crippen LogP contribution is -1.97. The number of rotatable bonds is 3. The van der Waals surface area contributed by atoms with Gasteiger partial charge in [0, 0.05) is 5.69 Å². The van der Waals surface area contributed by atoms with Crippen LogP contribution in [0.15, 0.2) is 30.3 Å². The lowest BCUT2D eigenvalue weighted by molar-refractivity contribution is 0.397. The van der Waals surface area contributed by atoms with Crippen molar-refractivity contribution in [1.82, 2.24) is 4.98 Å². The normalized spacial score (nSPS) is 13.2. The first-order valence-corrected chi connectivity index (χ1v) is 6.53. The molecule has 98 valence electrons. The van der Waals surface area contributed by atoms with Crippen molar-refractivity contribution in [2.24, 2.45) is 0 Å². The molecule has 2 aromatic rings. The molecular weight excluding hydrogens is 238 g/mol. The fourth-order valence-corrected chi connectivity index (χ4v) is 2.66. The molecule has 3 nitrogen and oxygen atoms in total. The predicted octanol–water partition coefficient (Wildman–Crippen LogP) is 3.25. The first kappa shape index (κ1) is 12.0. The van der Waals surface area contributed by atoms with Crippen LogP contribution in [0.4, 0.5) is 0 Å². The van der Waals surface area contributed by atoms with E-state index in [1.165, 1.54) is 17.7 Å². The maximum Gasteiger partial charge on any atom is 0.132 e. The highest BCUT2D eigenvalue weighted by Crippen LogP contribution is 2.38. The second kappa shape index (κ2) is 4.92. The first-order valence-electron chi connectivity index (χ1n) is 6.53. The van der Waals surface area contributed by atoms with Crippen LogP contribution in [-0.4, -0.2) is 19.2 Å². The van der Waals surface area contributed by atoms with Crippen molar-refractivity contribution in [1.29, 1.82) is 0 Å². The van der Waals surface area contributed by atoms with Crippen molar-refractivity contribution in [3.05, 3.63) is 41.6 Å². The summed E-state index contributed by atoms with van der Waals surface area (Å²) in [5, 5.41) is 0. The Hall–Kier alpha value is -2.03. The number of benzene rings is 1. The highest BCUT2D eigenvalue weighted by molar-refractivity contribution is 5.74. The van der Waals surface area contributed by atoms with Crippen LogP contribution in [0.2, 0.25) is 0 Å². The molecule has 0 bridgehead atoms. The van der Waals surface area contributed by atoms with Crippen LogP contribution in [0, 0.1) is 0 Å². The van der Waals surface area contributed by atoms with Gasteiger partial charge in [-0.05, 0) is 43.0 Å². The lowest BCUT2D eigenvalue weighted by atomic mass is 10.1. The molecular formula is C16H17NO2. The van der Waals surface area contributed by atoms with Crippen LogP contribution < -0.4 is 9.47 Å². The number of hydrogen-bond acceptors (Lipinski definition) is 3. The van der Waals surface area contributed by atoms with Gasteiger partial charge in [0.05, 0.1) is 25.5 Å². The van der Waals surface area contributed by atoms with E-state index in [1.54, 1.807) is 14.2 Å². The molecule has 1 aromatic heterocycles. The van der Waals surface area contributed by atoms with Gasteiger partial charge in [0.15, 0.2) is 0 Å². The molecule has 0 fully saturated rings. The number of nitrogens with zero attached hydrogens (tertiary/aromatic N) is 1. The van der Waals surface area contributed by atoms with Gasteiger partial charge in [-0.3, -0.25) is 4.98 Å². The Labute approximate surface area is 113 Å². The van der Waals surface area contributed by atoms with Gasteiger partial charge in [-0.25, -0.2) is 0 Å². The van der Waals surface area contributed by atoms with Gasteiger partial charge in [-0.1, -0.05) is 12.1 Å². The van der Waals surface area contributed by atoms with Crippen LogP contribution in [0.25, 0.3) is 11.3 Å². The third-order valence-electron chi connectivity index (χ3n) is 3.61. The molecule has 0 atom stereocenters. The number of aromatic nitrogens is 1. The third kappa shape index (κ3) is 2.05. The van der Waals surface area contributed by atoms with Gasteiger partial charge in [-0.15, -0.1) is 0 Å². The molecule has 3 rings (SSSR count). The van der Waals surface area contributed by atoms with Crippen molar-refractivity contribution < 1.29 is 9.47 Å². The Morgan fingerprint density at radius 2 is 1.68 bits per heavy atom. The molecule has 0 amide bonds. The molecule has 19 heavy (non-hydrogen) atoms. The number of fused-ring (bicyclic) bond motifs is 1. The zero-order valence-electron chi connectivity index (χ0n) is 11.3. The lowest BCUT2D eigenvalue weighted by Gasteiger charge is -2.13. The molecule has 0 aliphatic heterocycles. The van der Waals surface area contributed by atoms with Crippen molar-refractivity contribution in [2.75, 3.05) is 14.2 Å². The van der Waals surface area contributed by atoms with Crippen molar-refractivity contribution in [3.8, 4) is 22.8 Å². The molecule has 0 N–H and O–H groups in total. The summed E-state index contributed by atoms with van der Waals surface area (Å²) in [7, 11) is 3.34. The summed E-state index contributed by atoms with van der Waals surface area (Å²) < 4.78 is 10.9. The molecule has 0 spiro atoms. The highest BCUT2D eigenvalue weighted by atomic mass is 16.5. The number of ether oxygens (including phenoxy) is 2. The molecule has 0 radical (unpaired) electrons. The van der Waals surface area contributed by atoms with Crippen LogP contribution in [0.3, 0.4) is 0 Å². The number of hydrogen-bond donors (Lipinski definition) is 0. The van der Waals surface area contributed by atoms with Crippen molar-refractivity contribution in [2.45, 2.75) is 19.3 Å². The highest BCUT2D eigenvalue weighted by Gasteiger charge is 2.17. The summed E-state index contributed by atoms with van der Waals surface area (Å²) >= 11 is 0. The van der Waals surface area contributed by atoms with Gasteiger partial charge in [0.2, 0.25) is 0 Å². The molecule has 1 aliphatic carbocycles. The Kier molecular flexibility index (Phi) is 3.11. The second-order valence-electron chi connectivity index (χ2n) is 4.69. The van der Waals surface area contributed by atoms with E-state index in [1.807, 2.05) is 18.2 Å². The van der Waals surface area contributed by atoms with E-state index in [9.17, 15) is 0 Å². The van der Waals surface area contributed by atoms with E-state index in [0.717, 1.165) is 35.6 Å². The summed E-state index contributed by atoms with van der Waals surface area (Å²) in [4.78, 5) is 4.78. The standard InChI is InChI=1S/C16H17NO2/c1-18-14-7-4-8-15(19-2)16(14)13-10-9-11-5-3-6-12(11)17-13/h4,7-10H,3,5-6H2,1-2H3. The molecule has 1 aromatic carbocycles.